The van der Waals surface area contributed by atoms with Crippen LogP contribution in [0.15, 0.2) is 0 Å². The van der Waals surface area contributed by atoms with Gasteiger partial charge in [-0.3, -0.25) is 4.79 Å². The summed E-state index contributed by atoms with van der Waals surface area (Å²) in [5.41, 5.74) is 5.22. The molecule has 0 heterocycles. The van der Waals surface area contributed by atoms with E-state index in [1.165, 1.54) is 0 Å². The van der Waals surface area contributed by atoms with Gasteiger partial charge >= 0.3 is 6.18 Å². The molecule has 0 aromatic heterocycles. The summed E-state index contributed by atoms with van der Waals surface area (Å²) in [6.45, 7) is 2.11. The first-order chi connectivity index (χ1) is 6.35. The fourth-order valence-corrected chi connectivity index (χ4v) is 0.924. The molecule has 0 saturated heterocycles. The second kappa shape index (κ2) is 5.85. The highest BCUT2D eigenvalue weighted by molar-refractivity contribution is 5.76. The summed E-state index contributed by atoms with van der Waals surface area (Å²) in [5.74, 6) is -0.580. The van der Waals surface area contributed by atoms with Crippen molar-refractivity contribution in [1.82, 2.24) is 5.32 Å². The zero-order valence-electron chi connectivity index (χ0n) is 8.03. The van der Waals surface area contributed by atoms with Crippen LogP contribution in [0, 0.1) is 0 Å². The number of halogens is 3. The average Bonchev–Trinajstić information content (AvgIpc) is 2.00. The third kappa shape index (κ3) is 7.85. The third-order valence-electron chi connectivity index (χ3n) is 1.64. The minimum Gasteiger partial charge on any atom is -0.354 e. The lowest BCUT2D eigenvalue weighted by molar-refractivity contribution is -0.144. The minimum absolute atomic E-state index is 0.166. The first kappa shape index (κ1) is 13.2. The average molecular weight is 212 g/mol. The van der Waals surface area contributed by atoms with Crippen molar-refractivity contribution in [2.24, 2.45) is 5.73 Å². The summed E-state index contributed by atoms with van der Waals surface area (Å²) in [5, 5.41) is 2.43. The number of amides is 1. The molecule has 1 unspecified atom stereocenters. The summed E-state index contributed by atoms with van der Waals surface area (Å²) in [4.78, 5) is 10.9. The number of nitrogens with two attached hydrogens (primary N) is 1. The molecule has 0 radical (unpaired) electrons. The minimum atomic E-state index is -4.27. The smallest absolute Gasteiger partial charge is 0.354 e. The lowest BCUT2D eigenvalue weighted by Gasteiger charge is -2.13. The first-order valence-corrected chi connectivity index (χ1v) is 4.41. The van der Waals surface area contributed by atoms with Crippen molar-refractivity contribution in [3.63, 3.8) is 0 Å². The van der Waals surface area contributed by atoms with Crippen molar-refractivity contribution in [2.45, 2.75) is 38.4 Å². The van der Waals surface area contributed by atoms with Crippen molar-refractivity contribution in [1.29, 1.82) is 0 Å². The van der Waals surface area contributed by atoms with Gasteiger partial charge in [0.25, 0.3) is 0 Å². The molecule has 1 atom stereocenters. The number of nitrogens with one attached hydrogen (secondary N) is 1. The molecule has 14 heavy (non-hydrogen) atoms. The normalized spacial score (nSPS) is 13.8. The summed E-state index contributed by atoms with van der Waals surface area (Å²) in [6.07, 6.45) is -5.29. The van der Waals surface area contributed by atoms with Crippen LogP contribution in [0.2, 0.25) is 0 Å². The number of alkyl halides is 3. The Balaban J connectivity index is 3.65. The molecule has 0 fully saturated rings. The highest BCUT2D eigenvalue weighted by Gasteiger charge is 2.27. The van der Waals surface area contributed by atoms with Gasteiger partial charge in [-0.25, -0.2) is 0 Å². The molecule has 0 saturated carbocycles. The Morgan fingerprint density at radius 3 is 2.50 bits per heavy atom. The number of carbonyl (C=O) groups excluding carboxylic acids is 1. The Labute approximate surface area is 80.8 Å². The Morgan fingerprint density at radius 1 is 1.50 bits per heavy atom. The predicted molar refractivity (Wildman–Crippen MR) is 46.6 cm³/mol. The third-order valence-corrected chi connectivity index (χ3v) is 1.64. The maximum atomic E-state index is 11.7. The second-order valence-electron chi connectivity index (χ2n) is 3.16. The molecule has 3 nitrogen and oxygen atoms in total. The zero-order valence-corrected chi connectivity index (χ0v) is 8.03. The van der Waals surface area contributed by atoms with Gasteiger partial charge in [-0.2, -0.15) is 13.2 Å². The molecule has 0 aromatic rings. The molecule has 0 aliphatic carbocycles. The molecule has 6 heteroatoms. The van der Waals surface area contributed by atoms with Gasteiger partial charge in [0.2, 0.25) is 5.91 Å². The van der Waals surface area contributed by atoms with E-state index in [9.17, 15) is 18.0 Å². The standard InChI is InChI=1S/C8H15F3N2O/c1-6(3-5-12)13-7(14)2-4-8(9,10)11/h6H,2-5,12H2,1H3,(H,13,14). The van der Waals surface area contributed by atoms with Gasteiger partial charge in [0, 0.05) is 12.5 Å². The van der Waals surface area contributed by atoms with Crippen LogP contribution >= 0.6 is 0 Å². The fourth-order valence-electron chi connectivity index (χ4n) is 0.924. The second-order valence-corrected chi connectivity index (χ2v) is 3.16. The molecule has 0 aromatic carbocycles. The van der Waals surface area contributed by atoms with Crippen molar-refractivity contribution >= 4 is 5.91 Å². The number of hydrogen-bond acceptors (Lipinski definition) is 2. The van der Waals surface area contributed by atoms with Crippen LogP contribution in [0.5, 0.6) is 0 Å². The van der Waals surface area contributed by atoms with E-state index < -0.39 is 24.9 Å². The van der Waals surface area contributed by atoms with Crippen LogP contribution in [0.25, 0.3) is 0 Å². The van der Waals surface area contributed by atoms with E-state index in [0.717, 1.165) is 0 Å². The van der Waals surface area contributed by atoms with E-state index in [-0.39, 0.29) is 6.04 Å². The van der Waals surface area contributed by atoms with Gasteiger partial charge in [-0.15, -0.1) is 0 Å². The van der Waals surface area contributed by atoms with E-state index in [2.05, 4.69) is 5.32 Å². The van der Waals surface area contributed by atoms with Gasteiger partial charge in [0.1, 0.15) is 0 Å². The summed E-state index contributed by atoms with van der Waals surface area (Å²) in [7, 11) is 0. The highest BCUT2D eigenvalue weighted by Crippen LogP contribution is 2.20. The van der Waals surface area contributed by atoms with Crippen LogP contribution in [-0.2, 0) is 4.79 Å². The van der Waals surface area contributed by atoms with Crippen molar-refractivity contribution in [3.8, 4) is 0 Å². The molecule has 0 bridgehead atoms. The van der Waals surface area contributed by atoms with Gasteiger partial charge in [0.15, 0.2) is 0 Å². The van der Waals surface area contributed by atoms with Crippen LogP contribution in [0.4, 0.5) is 13.2 Å². The van der Waals surface area contributed by atoms with E-state index in [4.69, 9.17) is 5.73 Å². The van der Waals surface area contributed by atoms with Crippen molar-refractivity contribution in [2.75, 3.05) is 6.54 Å². The molecule has 84 valence electrons. The number of rotatable bonds is 5. The molecule has 3 N–H and O–H groups in total. The molecule has 1 amide bonds. The Morgan fingerprint density at radius 2 is 2.07 bits per heavy atom. The molecule has 0 rings (SSSR count). The predicted octanol–water partition coefficient (Wildman–Crippen LogP) is 1.18. The largest absolute Gasteiger partial charge is 0.389 e. The van der Waals surface area contributed by atoms with Gasteiger partial charge in [0.05, 0.1) is 6.42 Å². The fraction of sp³-hybridized carbons (Fsp3) is 0.875. The van der Waals surface area contributed by atoms with Crippen LogP contribution in [0.1, 0.15) is 26.2 Å². The molecule has 0 aliphatic rings. The topological polar surface area (TPSA) is 55.1 Å². The Kier molecular flexibility index (Phi) is 5.52. The quantitative estimate of drug-likeness (QED) is 0.719. The van der Waals surface area contributed by atoms with E-state index in [0.29, 0.717) is 13.0 Å². The molecule has 0 spiro atoms. The molecular weight excluding hydrogens is 197 g/mol. The van der Waals surface area contributed by atoms with Gasteiger partial charge < -0.3 is 11.1 Å². The van der Waals surface area contributed by atoms with E-state index >= 15 is 0 Å². The van der Waals surface area contributed by atoms with Crippen LogP contribution in [-0.4, -0.2) is 24.7 Å². The van der Waals surface area contributed by atoms with Crippen molar-refractivity contribution in [3.05, 3.63) is 0 Å². The summed E-state index contributed by atoms with van der Waals surface area (Å²) < 4.78 is 35.1. The lowest BCUT2D eigenvalue weighted by Crippen LogP contribution is -2.34. The number of hydrogen-bond donors (Lipinski definition) is 2. The maximum absolute atomic E-state index is 11.7. The van der Waals surface area contributed by atoms with Gasteiger partial charge in [-0.05, 0) is 19.9 Å². The van der Waals surface area contributed by atoms with Gasteiger partial charge in [-0.1, -0.05) is 0 Å². The zero-order chi connectivity index (χ0) is 11.2. The van der Waals surface area contributed by atoms with Crippen LogP contribution in [0.3, 0.4) is 0 Å². The van der Waals surface area contributed by atoms with Crippen molar-refractivity contribution < 1.29 is 18.0 Å². The number of carbonyl (C=O) groups is 1. The Bertz CT molecular complexity index is 182. The highest BCUT2D eigenvalue weighted by atomic mass is 19.4. The lowest BCUT2D eigenvalue weighted by atomic mass is 10.2. The maximum Gasteiger partial charge on any atom is 0.389 e. The Hall–Kier alpha value is -0.780. The monoisotopic (exact) mass is 212 g/mol. The van der Waals surface area contributed by atoms with Crippen LogP contribution < -0.4 is 11.1 Å². The first-order valence-electron chi connectivity index (χ1n) is 4.41. The summed E-state index contributed by atoms with van der Waals surface area (Å²) >= 11 is 0. The van der Waals surface area contributed by atoms with E-state index in [1.54, 1.807) is 6.92 Å². The summed E-state index contributed by atoms with van der Waals surface area (Å²) in [6, 6.07) is -0.166. The SMILES string of the molecule is CC(CCN)NC(=O)CCC(F)(F)F. The molecular formula is C8H15F3N2O. The molecule has 0 aliphatic heterocycles. The van der Waals surface area contributed by atoms with E-state index in [1.807, 2.05) is 0 Å².